The van der Waals surface area contributed by atoms with Gasteiger partial charge in [-0.05, 0) is 0 Å². The summed E-state index contributed by atoms with van der Waals surface area (Å²) in [5.74, 6) is -0.320. The summed E-state index contributed by atoms with van der Waals surface area (Å²) in [5.41, 5.74) is 0.449. The highest BCUT2D eigenvalue weighted by molar-refractivity contribution is 5.92. The number of esters is 2. The molecule has 15 heavy (non-hydrogen) atoms. The van der Waals surface area contributed by atoms with Crippen molar-refractivity contribution in [2.24, 2.45) is 5.92 Å². The highest BCUT2D eigenvalue weighted by Crippen LogP contribution is 2.38. The Bertz CT molecular complexity index is 305. The molecule has 0 amide bonds. The van der Waals surface area contributed by atoms with Gasteiger partial charge in [0.05, 0.1) is 33.3 Å². The van der Waals surface area contributed by atoms with E-state index in [0.29, 0.717) is 17.8 Å². The second-order valence-corrected chi connectivity index (χ2v) is 3.21. The number of hydrogen-bond donors (Lipinski definition) is 0. The lowest BCUT2D eigenvalue weighted by Gasteiger charge is -2.29. The third-order valence-electron chi connectivity index (χ3n) is 2.43. The Hall–Kier alpha value is -1.52. The minimum Gasteiger partial charge on any atom is -0.501 e. The number of carbonyl (C=O) groups excluding carboxylic acids is 2. The molecule has 0 spiro atoms. The molecule has 0 aromatic carbocycles. The molecule has 0 saturated heterocycles. The second-order valence-electron chi connectivity index (χ2n) is 3.21. The Morgan fingerprint density at radius 3 is 2.40 bits per heavy atom. The summed E-state index contributed by atoms with van der Waals surface area (Å²) in [6.07, 6.45) is 0.768. The molecule has 1 atom stereocenters. The third kappa shape index (κ3) is 2.29. The highest BCUT2D eigenvalue weighted by atomic mass is 16.5. The van der Waals surface area contributed by atoms with E-state index in [1.54, 1.807) is 0 Å². The zero-order valence-corrected chi connectivity index (χ0v) is 9.03. The molecule has 5 heteroatoms. The molecule has 0 saturated carbocycles. The topological polar surface area (TPSA) is 61.8 Å². The highest BCUT2D eigenvalue weighted by Gasteiger charge is 2.37. The number of rotatable bonds is 4. The van der Waals surface area contributed by atoms with Gasteiger partial charge in [0.15, 0.2) is 0 Å². The Morgan fingerprint density at radius 1 is 1.27 bits per heavy atom. The van der Waals surface area contributed by atoms with Crippen molar-refractivity contribution < 1.29 is 23.8 Å². The molecule has 1 aliphatic rings. The monoisotopic (exact) mass is 214 g/mol. The zero-order chi connectivity index (χ0) is 11.4. The summed E-state index contributed by atoms with van der Waals surface area (Å²) in [4.78, 5) is 22.4. The minimum absolute atomic E-state index is 0.139. The maximum absolute atomic E-state index is 11.3. The number of methoxy groups -OCH3 is 3. The summed E-state index contributed by atoms with van der Waals surface area (Å²) in [6.45, 7) is 0. The maximum atomic E-state index is 11.3. The van der Waals surface area contributed by atoms with Gasteiger partial charge in [0.25, 0.3) is 0 Å². The predicted octanol–water partition coefficient (Wildman–Crippen LogP) is 0.643. The molecule has 1 aliphatic carbocycles. The van der Waals surface area contributed by atoms with E-state index in [0.717, 1.165) is 0 Å². The molecular weight excluding hydrogens is 200 g/mol. The summed E-state index contributed by atoms with van der Waals surface area (Å²) >= 11 is 0. The van der Waals surface area contributed by atoms with Crippen LogP contribution in [0.2, 0.25) is 0 Å². The Labute approximate surface area is 88.0 Å². The van der Waals surface area contributed by atoms with Crippen molar-refractivity contribution in [3.05, 3.63) is 11.3 Å². The quantitative estimate of drug-likeness (QED) is 0.643. The molecule has 0 aromatic heterocycles. The normalized spacial score (nSPS) is 19.3. The van der Waals surface area contributed by atoms with E-state index in [-0.39, 0.29) is 18.3 Å². The summed E-state index contributed by atoms with van der Waals surface area (Å²) in [6, 6.07) is 0. The fourth-order valence-corrected chi connectivity index (χ4v) is 1.57. The standard InChI is InChI=1S/C10H14O5/c1-13-7-4-6(5-8(11)14-2)9(7)10(12)15-3/h6H,4-5H2,1-3H3. The fourth-order valence-electron chi connectivity index (χ4n) is 1.57. The number of allylic oxidation sites excluding steroid dienone is 1. The van der Waals surface area contributed by atoms with Crippen LogP contribution in [0.25, 0.3) is 0 Å². The lowest BCUT2D eigenvalue weighted by atomic mass is 9.80. The lowest BCUT2D eigenvalue weighted by molar-refractivity contribution is -0.142. The minimum atomic E-state index is -0.438. The molecule has 0 bridgehead atoms. The number of carbonyl (C=O) groups is 2. The van der Waals surface area contributed by atoms with Gasteiger partial charge >= 0.3 is 11.9 Å². The number of ether oxygens (including phenoxy) is 3. The molecule has 0 aromatic rings. The zero-order valence-electron chi connectivity index (χ0n) is 9.03. The van der Waals surface area contributed by atoms with Crippen LogP contribution in [0.5, 0.6) is 0 Å². The van der Waals surface area contributed by atoms with Crippen molar-refractivity contribution in [2.75, 3.05) is 21.3 Å². The van der Waals surface area contributed by atoms with Gasteiger partial charge in [-0.2, -0.15) is 0 Å². The van der Waals surface area contributed by atoms with Crippen LogP contribution >= 0.6 is 0 Å². The van der Waals surface area contributed by atoms with Crippen molar-refractivity contribution in [2.45, 2.75) is 12.8 Å². The van der Waals surface area contributed by atoms with E-state index < -0.39 is 5.97 Å². The Kier molecular flexibility index (Phi) is 3.71. The number of hydrogen-bond acceptors (Lipinski definition) is 5. The van der Waals surface area contributed by atoms with Gasteiger partial charge in [-0.25, -0.2) is 4.79 Å². The SMILES string of the molecule is COC(=O)CC1CC(OC)=C1C(=O)OC. The molecule has 84 valence electrons. The van der Waals surface area contributed by atoms with E-state index in [2.05, 4.69) is 9.47 Å². The third-order valence-corrected chi connectivity index (χ3v) is 2.43. The maximum Gasteiger partial charge on any atom is 0.337 e. The van der Waals surface area contributed by atoms with Crippen LogP contribution in [0.3, 0.4) is 0 Å². The van der Waals surface area contributed by atoms with Crippen LogP contribution in [0.4, 0.5) is 0 Å². The van der Waals surface area contributed by atoms with Crippen molar-refractivity contribution in [3.63, 3.8) is 0 Å². The predicted molar refractivity (Wildman–Crippen MR) is 50.8 cm³/mol. The van der Waals surface area contributed by atoms with Crippen LogP contribution in [0.15, 0.2) is 11.3 Å². The molecule has 5 nitrogen and oxygen atoms in total. The van der Waals surface area contributed by atoms with Crippen LogP contribution in [0, 0.1) is 5.92 Å². The Morgan fingerprint density at radius 2 is 1.93 bits per heavy atom. The van der Waals surface area contributed by atoms with E-state index in [1.165, 1.54) is 21.3 Å². The first-order valence-corrected chi connectivity index (χ1v) is 4.56. The van der Waals surface area contributed by atoms with Gasteiger partial charge in [-0.15, -0.1) is 0 Å². The first-order valence-electron chi connectivity index (χ1n) is 4.56. The van der Waals surface area contributed by atoms with Gasteiger partial charge < -0.3 is 14.2 Å². The van der Waals surface area contributed by atoms with Crippen molar-refractivity contribution in [1.82, 2.24) is 0 Å². The van der Waals surface area contributed by atoms with E-state index in [4.69, 9.17) is 4.74 Å². The average Bonchev–Trinajstić information content (AvgIpc) is 2.22. The molecule has 0 N–H and O–H groups in total. The van der Waals surface area contributed by atoms with Gasteiger partial charge in [0, 0.05) is 12.3 Å². The van der Waals surface area contributed by atoms with Crippen LogP contribution < -0.4 is 0 Å². The largest absolute Gasteiger partial charge is 0.501 e. The van der Waals surface area contributed by atoms with Crippen molar-refractivity contribution in [3.8, 4) is 0 Å². The van der Waals surface area contributed by atoms with E-state index in [1.807, 2.05) is 0 Å². The fraction of sp³-hybridized carbons (Fsp3) is 0.600. The van der Waals surface area contributed by atoms with Gasteiger partial charge in [0.1, 0.15) is 5.76 Å². The molecule has 0 heterocycles. The van der Waals surface area contributed by atoms with Crippen molar-refractivity contribution in [1.29, 1.82) is 0 Å². The molecule has 0 radical (unpaired) electrons. The molecular formula is C10H14O5. The van der Waals surface area contributed by atoms with Crippen LogP contribution in [-0.4, -0.2) is 33.3 Å². The lowest BCUT2D eigenvalue weighted by Crippen LogP contribution is -2.29. The van der Waals surface area contributed by atoms with Crippen LogP contribution in [0.1, 0.15) is 12.8 Å². The molecule has 0 fully saturated rings. The summed E-state index contributed by atoms with van der Waals surface area (Å²) < 4.78 is 14.1. The van der Waals surface area contributed by atoms with E-state index >= 15 is 0 Å². The molecule has 1 rings (SSSR count). The first-order chi connectivity index (χ1) is 7.13. The Balaban J connectivity index is 2.69. The van der Waals surface area contributed by atoms with Gasteiger partial charge in [0.2, 0.25) is 0 Å². The summed E-state index contributed by atoms with van der Waals surface area (Å²) in [5, 5.41) is 0. The van der Waals surface area contributed by atoms with Gasteiger partial charge in [-0.3, -0.25) is 4.79 Å². The summed E-state index contributed by atoms with van der Waals surface area (Å²) in [7, 11) is 4.11. The molecule has 0 aliphatic heterocycles. The average molecular weight is 214 g/mol. The smallest absolute Gasteiger partial charge is 0.337 e. The second kappa shape index (κ2) is 4.82. The van der Waals surface area contributed by atoms with Crippen LogP contribution in [-0.2, 0) is 23.8 Å². The molecule has 1 unspecified atom stereocenters. The van der Waals surface area contributed by atoms with E-state index in [9.17, 15) is 9.59 Å². The van der Waals surface area contributed by atoms with Gasteiger partial charge in [-0.1, -0.05) is 0 Å². The first kappa shape index (κ1) is 11.6. The van der Waals surface area contributed by atoms with Crippen molar-refractivity contribution >= 4 is 11.9 Å².